The number of rotatable bonds is 6. The molecular formula is C27H31ClN6O2. The summed E-state index contributed by atoms with van der Waals surface area (Å²) in [6, 6.07) is 13.5. The van der Waals surface area contributed by atoms with E-state index in [0.717, 1.165) is 29.3 Å². The second kappa shape index (κ2) is 9.93. The van der Waals surface area contributed by atoms with Gasteiger partial charge < -0.3 is 9.80 Å². The predicted octanol–water partition coefficient (Wildman–Crippen LogP) is 3.94. The lowest BCUT2D eigenvalue weighted by Crippen LogP contribution is -2.49. The third kappa shape index (κ3) is 4.57. The van der Waals surface area contributed by atoms with E-state index in [9.17, 15) is 9.59 Å². The summed E-state index contributed by atoms with van der Waals surface area (Å²) in [5, 5.41) is 10.1. The number of hydrogen-bond acceptors (Lipinski definition) is 5. The summed E-state index contributed by atoms with van der Waals surface area (Å²) >= 11 is 6.20. The van der Waals surface area contributed by atoms with Crippen LogP contribution in [0.2, 0.25) is 5.02 Å². The Bertz CT molecular complexity index is 1480. The first-order chi connectivity index (χ1) is 17.3. The average Bonchev–Trinajstić information content (AvgIpc) is 3.30. The highest BCUT2D eigenvalue weighted by Crippen LogP contribution is 2.25. The summed E-state index contributed by atoms with van der Waals surface area (Å²) in [5.41, 5.74) is 3.02. The van der Waals surface area contributed by atoms with E-state index in [0.29, 0.717) is 49.5 Å². The Labute approximate surface area is 215 Å². The van der Waals surface area contributed by atoms with Crippen LogP contribution in [0.1, 0.15) is 31.7 Å². The van der Waals surface area contributed by atoms with Gasteiger partial charge in [-0.3, -0.25) is 18.6 Å². The summed E-state index contributed by atoms with van der Waals surface area (Å²) in [6.45, 7) is 9.66. The lowest BCUT2D eigenvalue weighted by molar-refractivity contribution is -0.131. The van der Waals surface area contributed by atoms with Crippen molar-refractivity contribution in [2.24, 2.45) is 5.92 Å². The summed E-state index contributed by atoms with van der Waals surface area (Å²) in [4.78, 5) is 30.4. The van der Waals surface area contributed by atoms with Crippen LogP contribution in [0.3, 0.4) is 0 Å². The fraction of sp³-hybridized carbons (Fsp3) is 0.407. The summed E-state index contributed by atoms with van der Waals surface area (Å²) in [7, 11) is 0. The molecule has 1 fully saturated rings. The molecule has 0 atom stereocenters. The number of fused-ring (bicyclic) bond motifs is 3. The highest BCUT2D eigenvalue weighted by molar-refractivity contribution is 6.30. The minimum absolute atomic E-state index is 0.0605. The van der Waals surface area contributed by atoms with Gasteiger partial charge in [-0.1, -0.05) is 43.6 Å². The van der Waals surface area contributed by atoms with Crippen molar-refractivity contribution in [1.82, 2.24) is 24.1 Å². The molecule has 0 aliphatic carbocycles. The minimum Gasteiger partial charge on any atom is -0.368 e. The number of aryl methyl sites for hydroxylation is 2. The zero-order valence-corrected chi connectivity index (χ0v) is 21.7. The Balaban J connectivity index is 1.33. The van der Waals surface area contributed by atoms with Crippen LogP contribution in [0.25, 0.3) is 16.7 Å². The standard InChI is InChI=1S/C27H31ClN6O2/c1-18(2)17-33-26(36)21-6-4-5-7-22(21)34-24(29-30-27(33)34)10-11-25(35)32-14-12-31(13-15-32)23-16-20(28)9-8-19(23)3/h4-9,16,18H,10-15,17H2,1-3H3. The van der Waals surface area contributed by atoms with Gasteiger partial charge in [0.25, 0.3) is 5.56 Å². The van der Waals surface area contributed by atoms with Gasteiger partial charge in [0.05, 0.1) is 10.9 Å². The molecule has 2 aromatic carbocycles. The van der Waals surface area contributed by atoms with Crippen molar-refractivity contribution < 1.29 is 4.79 Å². The zero-order chi connectivity index (χ0) is 25.4. The lowest BCUT2D eigenvalue weighted by atomic mass is 10.1. The number of benzene rings is 2. The fourth-order valence-electron chi connectivity index (χ4n) is 5.00. The smallest absolute Gasteiger partial charge is 0.262 e. The third-order valence-electron chi connectivity index (χ3n) is 6.83. The van der Waals surface area contributed by atoms with E-state index in [1.807, 2.05) is 51.8 Å². The highest BCUT2D eigenvalue weighted by atomic mass is 35.5. The number of carbonyl (C=O) groups excluding carboxylic acids is 1. The van der Waals surface area contributed by atoms with Crippen LogP contribution < -0.4 is 10.5 Å². The molecule has 1 amide bonds. The third-order valence-corrected chi connectivity index (χ3v) is 7.06. The maximum atomic E-state index is 13.1. The van der Waals surface area contributed by atoms with Gasteiger partial charge in [-0.15, -0.1) is 10.2 Å². The number of piperazine rings is 1. The molecule has 0 saturated carbocycles. The summed E-state index contributed by atoms with van der Waals surface area (Å²) < 4.78 is 3.63. The number of amides is 1. The number of halogens is 1. The van der Waals surface area contributed by atoms with Gasteiger partial charge in [0.15, 0.2) is 0 Å². The number of anilines is 1. The first-order valence-electron chi connectivity index (χ1n) is 12.5. The highest BCUT2D eigenvalue weighted by Gasteiger charge is 2.23. The molecule has 5 rings (SSSR count). The van der Waals surface area contributed by atoms with Gasteiger partial charge in [0.1, 0.15) is 5.82 Å². The number of nitrogens with zero attached hydrogens (tertiary/aromatic N) is 6. The van der Waals surface area contributed by atoms with Crippen LogP contribution in [0.15, 0.2) is 47.3 Å². The molecular weight excluding hydrogens is 476 g/mol. The van der Waals surface area contributed by atoms with Crippen molar-refractivity contribution in [2.75, 3.05) is 31.1 Å². The quantitative estimate of drug-likeness (QED) is 0.396. The number of hydrogen-bond donors (Lipinski definition) is 0. The van der Waals surface area contributed by atoms with E-state index in [-0.39, 0.29) is 17.4 Å². The molecule has 3 heterocycles. The molecule has 0 bridgehead atoms. The fourth-order valence-corrected chi connectivity index (χ4v) is 5.17. The Hall–Kier alpha value is -3.39. The van der Waals surface area contributed by atoms with E-state index in [1.54, 1.807) is 4.57 Å². The molecule has 2 aromatic heterocycles. The van der Waals surface area contributed by atoms with Crippen molar-refractivity contribution in [2.45, 2.75) is 40.2 Å². The van der Waals surface area contributed by atoms with Crippen LogP contribution in [0.5, 0.6) is 0 Å². The van der Waals surface area contributed by atoms with Crippen LogP contribution in [0, 0.1) is 12.8 Å². The predicted molar refractivity (Wildman–Crippen MR) is 143 cm³/mol. The van der Waals surface area contributed by atoms with Gasteiger partial charge >= 0.3 is 0 Å². The molecule has 9 heteroatoms. The molecule has 188 valence electrons. The van der Waals surface area contributed by atoms with E-state index in [1.165, 1.54) is 5.56 Å². The van der Waals surface area contributed by atoms with Crippen molar-refractivity contribution >= 4 is 39.9 Å². The van der Waals surface area contributed by atoms with Crippen molar-refractivity contribution in [1.29, 1.82) is 0 Å². The van der Waals surface area contributed by atoms with Crippen LogP contribution >= 0.6 is 11.6 Å². The van der Waals surface area contributed by atoms with E-state index in [4.69, 9.17) is 11.6 Å². The van der Waals surface area contributed by atoms with Crippen LogP contribution in [0.4, 0.5) is 5.69 Å². The van der Waals surface area contributed by atoms with Crippen molar-refractivity contribution in [3.05, 3.63) is 69.2 Å². The Morgan fingerprint density at radius 3 is 2.56 bits per heavy atom. The normalized spacial score (nSPS) is 14.4. The SMILES string of the molecule is Cc1ccc(Cl)cc1N1CCN(C(=O)CCc2nnc3n(CC(C)C)c(=O)c4ccccc4n23)CC1. The maximum Gasteiger partial charge on any atom is 0.262 e. The average molecular weight is 507 g/mol. The summed E-state index contributed by atoms with van der Waals surface area (Å²) in [6.07, 6.45) is 0.798. The molecule has 0 N–H and O–H groups in total. The van der Waals surface area contributed by atoms with E-state index >= 15 is 0 Å². The number of aromatic nitrogens is 4. The first-order valence-corrected chi connectivity index (χ1v) is 12.9. The first kappa shape index (κ1) is 24.3. The molecule has 0 radical (unpaired) electrons. The van der Waals surface area contributed by atoms with E-state index < -0.39 is 0 Å². The largest absolute Gasteiger partial charge is 0.368 e. The second-order valence-corrected chi connectivity index (χ2v) is 10.3. The van der Waals surface area contributed by atoms with Crippen LogP contribution in [-0.2, 0) is 17.8 Å². The Kier molecular flexibility index (Phi) is 6.71. The number of para-hydroxylation sites is 1. The minimum atomic E-state index is -0.0605. The number of carbonyl (C=O) groups is 1. The van der Waals surface area contributed by atoms with Gasteiger partial charge in [0.2, 0.25) is 11.7 Å². The molecule has 8 nitrogen and oxygen atoms in total. The maximum absolute atomic E-state index is 13.1. The molecule has 36 heavy (non-hydrogen) atoms. The van der Waals surface area contributed by atoms with Gasteiger partial charge in [0, 0.05) is 56.3 Å². The second-order valence-electron chi connectivity index (χ2n) is 9.88. The molecule has 4 aromatic rings. The Morgan fingerprint density at radius 2 is 1.81 bits per heavy atom. The monoisotopic (exact) mass is 506 g/mol. The molecule has 1 aliphatic rings. The lowest BCUT2D eigenvalue weighted by Gasteiger charge is -2.37. The molecule has 0 spiro atoms. The van der Waals surface area contributed by atoms with Crippen LogP contribution in [-0.4, -0.2) is 56.2 Å². The zero-order valence-electron chi connectivity index (χ0n) is 20.9. The van der Waals surface area contributed by atoms with E-state index in [2.05, 4.69) is 35.9 Å². The Morgan fingerprint density at radius 1 is 1.06 bits per heavy atom. The molecule has 1 saturated heterocycles. The molecule has 0 unspecified atom stereocenters. The summed E-state index contributed by atoms with van der Waals surface area (Å²) in [5.74, 6) is 1.61. The van der Waals surface area contributed by atoms with Crippen molar-refractivity contribution in [3.8, 4) is 0 Å². The molecule has 1 aliphatic heterocycles. The van der Waals surface area contributed by atoms with Gasteiger partial charge in [-0.25, -0.2) is 0 Å². The van der Waals surface area contributed by atoms with Gasteiger partial charge in [-0.05, 0) is 42.7 Å². The topological polar surface area (TPSA) is 75.7 Å². The van der Waals surface area contributed by atoms with Gasteiger partial charge in [-0.2, -0.15) is 0 Å². The van der Waals surface area contributed by atoms with Crippen molar-refractivity contribution in [3.63, 3.8) is 0 Å².